The first-order chi connectivity index (χ1) is 8.72. The van der Waals surface area contributed by atoms with Crippen molar-refractivity contribution < 1.29 is 17.9 Å². The van der Waals surface area contributed by atoms with E-state index in [0.29, 0.717) is 12.0 Å². The highest BCUT2D eigenvalue weighted by Crippen LogP contribution is 2.16. The van der Waals surface area contributed by atoms with Crippen molar-refractivity contribution in [1.29, 1.82) is 0 Å². The fourth-order valence-corrected chi connectivity index (χ4v) is 3.04. The fourth-order valence-electron chi connectivity index (χ4n) is 1.82. The van der Waals surface area contributed by atoms with Gasteiger partial charge in [-0.1, -0.05) is 13.0 Å². The molecule has 4 nitrogen and oxygen atoms in total. The molecule has 0 fully saturated rings. The van der Waals surface area contributed by atoms with Crippen molar-refractivity contribution in [2.45, 2.75) is 38.2 Å². The van der Waals surface area contributed by atoms with Crippen LogP contribution in [0.15, 0.2) is 23.1 Å². The SMILES string of the molecule is Cc1ccc(S(=O)(=O)NCC(C)CC(C)O)c(F)c1. The maximum atomic E-state index is 13.6. The number of aryl methyl sites for hydroxylation is 1. The summed E-state index contributed by atoms with van der Waals surface area (Å²) in [6, 6.07) is 4.00. The van der Waals surface area contributed by atoms with E-state index < -0.39 is 21.9 Å². The topological polar surface area (TPSA) is 66.4 Å². The molecule has 0 heterocycles. The molecule has 0 spiro atoms. The van der Waals surface area contributed by atoms with Gasteiger partial charge in [0.1, 0.15) is 10.7 Å². The van der Waals surface area contributed by atoms with Gasteiger partial charge in [-0.05, 0) is 43.9 Å². The van der Waals surface area contributed by atoms with Crippen molar-refractivity contribution in [1.82, 2.24) is 4.72 Å². The van der Waals surface area contributed by atoms with E-state index in [2.05, 4.69) is 4.72 Å². The number of aliphatic hydroxyl groups excluding tert-OH is 1. The predicted octanol–water partition coefficient (Wildman–Crippen LogP) is 1.82. The van der Waals surface area contributed by atoms with Crippen molar-refractivity contribution in [2.75, 3.05) is 6.54 Å². The second kappa shape index (κ2) is 6.45. The second-order valence-corrected chi connectivity index (χ2v) is 6.71. The highest BCUT2D eigenvalue weighted by atomic mass is 32.2. The number of sulfonamides is 1. The quantitative estimate of drug-likeness (QED) is 0.839. The maximum absolute atomic E-state index is 13.6. The van der Waals surface area contributed by atoms with Crippen LogP contribution in [0.3, 0.4) is 0 Å². The van der Waals surface area contributed by atoms with E-state index in [-0.39, 0.29) is 17.4 Å². The Labute approximate surface area is 113 Å². The predicted molar refractivity (Wildman–Crippen MR) is 71.8 cm³/mol. The van der Waals surface area contributed by atoms with Gasteiger partial charge in [-0.3, -0.25) is 0 Å². The third-order valence-corrected chi connectivity index (χ3v) is 4.20. The van der Waals surface area contributed by atoms with E-state index in [1.54, 1.807) is 19.9 Å². The molecule has 0 aromatic heterocycles. The van der Waals surface area contributed by atoms with Crippen molar-refractivity contribution in [3.8, 4) is 0 Å². The molecule has 0 amide bonds. The minimum atomic E-state index is -3.85. The zero-order valence-electron chi connectivity index (χ0n) is 11.4. The van der Waals surface area contributed by atoms with E-state index in [1.807, 2.05) is 6.92 Å². The molecule has 0 saturated carbocycles. The van der Waals surface area contributed by atoms with Crippen LogP contribution in [-0.2, 0) is 10.0 Å². The summed E-state index contributed by atoms with van der Waals surface area (Å²) < 4.78 is 39.9. The molecule has 0 bridgehead atoms. The highest BCUT2D eigenvalue weighted by molar-refractivity contribution is 7.89. The van der Waals surface area contributed by atoms with Gasteiger partial charge in [0.2, 0.25) is 10.0 Å². The minimum absolute atomic E-state index is 0.0247. The molecule has 0 aliphatic carbocycles. The average molecular weight is 289 g/mol. The molecule has 2 unspecified atom stereocenters. The number of rotatable bonds is 6. The van der Waals surface area contributed by atoms with Crippen molar-refractivity contribution >= 4 is 10.0 Å². The van der Waals surface area contributed by atoms with Gasteiger partial charge in [-0.2, -0.15) is 0 Å². The Kier molecular flexibility index (Phi) is 5.46. The van der Waals surface area contributed by atoms with Crippen LogP contribution in [0, 0.1) is 18.7 Å². The van der Waals surface area contributed by atoms with E-state index in [0.717, 1.165) is 0 Å². The summed E-state index contributed by atoms with van der Waals surface area (Å²) in [5.41, 5.74) is 0.666. The van der Waals surface area contributed by atoms with Gasteiger partial charge >= 0.3 is 0 Å². The number of hydrogen-bond acceptors (Lipinski definition) is 3. The van der Waals surface area contributed by atoms with Crippen LogP contribution in [-0.4, -0.2) is 26.2 Å². The van der Waals surface area contributed by atoms with Crippen LogP contribution < -0.4 is 4.72 Å². The minimum Gasteiger partial charge on any atom is -0.393 e. The molecular weight excluding hydrogens is 269 g/mol. The maximum Gasteiger partial charge on any atom is 0.243 e. The van der Waals surface area contributed by atoms with Crippen LogP contribution in [0.25, 0.3) is 0 Å². The second-order valence-electron chi connectivity index (χ2n) is 4.98. The van der Waals surface area contributed by atoms with Gasteiger partial charge in [0.05, 0.1) is 6.10 Å². The van der Waals surface area contributed by atoms with E-state index >= 15 is 0 Å². The molecule has 2 N–H and O–H groups in total. The molecule has 2 atom stereocenters. The molecular formula is C13H20FNO3S. The molecule has 0 aliphatic rings. The standard InChI is InChI=1S/C13H20FNO3S/c1-9-4-5-13(12(14)7-9)19(17,18)15-8-10(2)6-11(3)16/h4-5,7,10-11,15-16H,6,8H2,1-3H3. The van der Waals surface area contributed by atoms with Gasteiger partial charge in [-0.15, -0.1) is 0 Å². The van der Waals surface area contributed by atoms with Crippen molar-refractivity contribution in [3.63, 3.8) is 0 Å². The number of aliphatic hydroxyl groups is 1. The molecule has 6 heteroatoms. The van der Waals surface area contributed by atoms with Gasteiger partial charge in [0.25, 0.3) is 0 Å². The molecule has 1 rings (SSSR count). The Morgan fingerprint density at radius 1 is 1.37 bits per heavy atom. The Balaban J connectivity index is 2.76. The van der Waals surface area contributed by atoms with Crippen molar-refractivity contribution in [3.05, 3.63) is 29.6 Å². The van der Waals surface area contributed by atoms with E-state index in [9.17, 15) is 17.9 Å². The summed E-state index contributed by atoms with van der Waals surface area (Å²) in [5, 5.41) is 9.21. The summed E-state index contributed by atoms with van der Waals surface area (Å²) >= 11 is 0. The lowest BCUT2D eigenvalue weighted by molar-refractivity contribution is 0.165. The monoisotopic (exact) mass is 289 g/mol. The third-order valence-electron chi connectivity index (χ3n) is 2.74. The third kappa shape index (κ3) is 4.89. The van der Waals surface area contributed by atoms with E-state index in [1.165, 1.54) is 12.1 Å². The smallest absolute Gasteiger partial charge is 0.243 e. The zero-order valence-corrected chi connectivity index (χ0v) is 12.2. The van der Waals surface area contributed by atoms with Crippen LogP contribution in [0.1, 0.15) is 25.8 Å². The first-order valence-electron chi connectivity index (χ1n) is 6.16. The Bertz CT molecular complexity index is 529. The van der Waals surface area contributed by atoms with Gasteiger partial charge in [0, 0.05) is 6.54 Å². The number of hydrogen-bond donors (Lipinski definition) is 2. The molecule has 19 heavy (non-hydrogen) atoms. The number of halogens is 1. The summed E-state index contributed by atoms with van der Waals surface area (Å²) in [7, 11) is -3.85. The van der Waals surface area contributed by atoms with Crippen LogP contribution in [0.2, 0.25) is 0 Å². The summed E-state index contributed by atoms with van der Waals surface area (Å²) in [6.07, 6.45) is -0.00515. The number of benzene rings is 1. The molecule has 0 saturated heterocycles. The largest absolute Gasteiger partial charge is 0.393 e. The fraction of sp³-hybridized carbons (Fsp3) is 0.538. The normalized spacial score (nSPS) is 15.2. The summed E-state index contributed by atoms with van der Waals surface area (Å²) in [6.45, 7) is 5.32. The Morgan fingerprint density at radius 2 is 2.00 bits per heavy atom. The van der Waals surface area contributed by atoms with Gasteiger partial charge < -0.3 is 5.11 Å². The molecule has 0 aliphatic heterocycles. The van der Waals surface area contributed by atoms with Crippen LogP contribution in [0.5, 0.6) is 0 Å². The van der Waals surface area contributed by atoms with Gasteiger partial charge in [0.15, 0.2) is 0 Å². The van der Waals surface area contributed by atoms with Crippen molar-refractivity contribution in [2.24, 2.45) is 5.92 Å². The highest BCUT2D eigenvalue weighted by Gasteiger charge is 2.19. The Hall–Kier alpha value is -0.980. The molecule has 1 aromatic rings. The lowest BCUT2D eigenvalue weighted by Gasteiger charge is -2.14. The molecule has 108 valence electrons. The average Bonchev–Trinajstić information content (AvgIpc) is 2.25. The lowest BCUT2D eigenvalue weighted by Crippen LogP contribution is -2.30. The van der Waals surface area contributed by atoms with E-state index in [4.69, 9.17) is 0 Å². The van der Waals surface area contributed by atoms with Gasteiger partial charge in [-0.25, -0.2) is 17.5 Å². The first kappa shape index (κ1) is 16.1. The van der Waals surface area contributed by atoms with Crippen LogP contribution in [0.4, 0.5) is 4.39 Å². The molecule has 0 radical (unpaired) electrons. The Morgan fingerprint density at radius 3 is 2.53 bits per heavy atom. The summed E-state index contributed by atoms with van der Waals surface area (Å²) in [4.78, 5) is -0.345. The molecule has 1 aromatic carbocycles. The lowest BCUT2D eigenvalue weighted by atomic mass is 10.1. The first-order valence-corrected chi connectivity index (χ1v) is 7.64. The van der Waals surface area contributed by atoms with Crippen LogP contribution >= 0.6 is 0 Å². The zero-order chi connectivity index (χ0) is 14.6. The summed E-state index contributed by atoms with van der Waals surface area (Å²) in [5.74, 6) is -0.779. The number of nitrogens with one attached hydrogen (secondary N) is 1.